The number of benzene rings is 2. The van der Waals surface area contributed by atoms with Gasteiger partial charge in [-0.3, -0.25) is 19.7 Å². The third kappa shape index (κ3) is 5.29. The van der Waals surface area contributed by atoms with Gasteiger partial charge in [-0.05, 0) is 30.7 Å². The Bertz CT molecular complexity index is 839. The van der Waals surface area contributed by atoms with Crippen LogP contribution in [0.25, 0.3) is 0 Å². The van der Waals surface area contributed by atoms with Gasteiger partial charge >= 0.3 is 0 Å². The molecule has 2 aromatic rings. The number of anilines is 2. The lowest BCUT2D eigenvalue weighted by molar-refractivity contribution is -0.384. The molecule has 26 heavy (non-hydrogen) atoms. The molecule has 0 aliphatic heterocycles. The lowest BCUT2D eigenvalue weighted by Gasteiger charge is -2.09. The molecule has 0 spiro atoms. The molecule has 0 saturated carbocycles. The summed E-state index contributed by atoms with van der Waals surface area (Å²) in [7, 11) is 0. The van der Waals surface area contributed by atoms with E-state index in [2.05, 4.69) is 10.6 Å². The van der Waals surface area contributed by atoms with Crippen LogP contribution < -0.4 is 10.6 Å². The Morgan fingerprint density at radius 3 is 2.46 bits per heavy atom. The van der Waals surface area contributed by atoms with Crippen molar-refractivity contribution in [1.29, 1.82) is 0 Å². The SMILES string of the molecule is CCCCC(=O)Nc1cccc(NC(=O)c2cc([N+](=O)[O-])ccc2Cl)c1. The summed E-state index contributed by atoms with van der Waals surface area (Å²) in [5.74, 6) is -0.676. The van der Waals surface area contributed by atoms with Gasteiger partial charge in [0.1, 0.15) is 0 Å². The van der Waals surface area contributed by atoms with Crippen LogP contribution in [0.5, 0.6) is 0 Å². The monoisotopic (exact) mass is 375 g/mol. The fourth-order valence-corrected chi connectivity index (χ4v) is 2.44. The molecular weight excluding hydrogens is 358 g/mol. The van der Waals surface area contributed by atoms with E-state index >= 15 is 0 Å². The zero-order valence-electron chi connectivity index (χ0n) is 14.1. The Hall–Kier alpha value is -2.93. The number of amides is 2. The fourth-order valence-electron chi connectivity index (χ4n) is 2.23. The van der Waals surface area contributed by atoms with Crippen LogP contribution in [0.2, 0.25) is 5.02 Å². The van der Waals surface area contributed by atoms with Crippen molar-refractivity contribution in [2.45, 2.75) is 26.2 Å². The number of nitrogens with one attached hydrogen (secondary N) is 2. The van der Waals surface area contributed by atoms with E-state index in [4.69, 9.17) is 11.6 Å². The van der Waals surface area contributed by atoms with Crippen molar-refractivity contribution in [3.05, 3.63) is 63.2 Å². The van der Waals surface area contributed by atoms with Gasteiger partial charge in [-0.1, -0.05) is 31.0 Å². The maximum Gasteiger partial charge on any atom is 0.270 e. The number of nitro groups is 1. The Labute approximate surface area is 155 Å². The van der Waals surface area contributed by atoms with Crippen LogP contribution >= 0.6 is 11.6 Å². The van der Waals surface area contributed by atoms with Gasteiger partial charge in [0.2, 0.25) is 5.91 Å². The average Bonchev–Trinajstić information content (AvgIpc) is 2.60. The van der Waals surface area contributed by atoms with Gasteiger partial charge in [0.05, 0.1) is 15.5 Å². The van der Waals surface area contributed by atoms with Gasteiger partial charge in [-0.15, -0.1) is 0 Å². The highest BCUT2D eigenvalue weighted by Crippen LogP contribution is 2.24. The van der Waals surface area contributed by atoms with Gasteiger partial charge in [0, 0.05) is 29.9 Å². The lowest BCUT2D eigenvalue weighted by atomic mass is 10.1. The number of halogens is 1. The Morgan fingerprint density at radius 2 is 1.81 bits per heavy atom. The Balaban J connectivity index is 2.12. The number of hydrogen-bond donors (Lipinski definition) is 2. The van der Waals surface area contributed by atoms with Crippen LogP contribution in [-0.4, -0.2) is 16.7 Å². The minimum absolute atomic E-state index is 0.00162. The van der Waals surface area contributed by atoms with Crippen molar-refractivity contribution in [1.82, 2.24) is 0 Å². The van der Waals surface area contributed by atoms with E-state index in [0.717, 1.165) is 18.9 Å². The van der Waals surface area contributed by atoms with Crippen LogP contribution in [0.1, 0.15) is 36.5 Å². The van der Waals surface area contributed by atoms with Crippen molar-refractivity contribution < 1.29 is 14.5 Å². The first-order valence-corrected chi connectivity index (χ1v) is 8.43. The lowest BCUT2D eigenvalue weighted by Crippen LogP contribution is -2.14. The van der Waals surface area contributed by atoms with E-state index in [1.807, 2.05) is 6.92 Å². The third-order valence-corrected chi connectivity index (χ3v) is 3.90. The number of unbranched alkanes of at least 4 members (excludes halogenated alkanes) is 1. The fraction of sp³-hybridized carbons (Fsp3) is 0.222. The highest BCUT2D eigenvalue weighted by Gasteiger charge is 2.16. The van der Waals surface area contributed by atoms with Crippen molar-refractivity contribution in [2.24, 2.45) is 0 Å². The van der Waals surface area contributed by atoms with E-state index in [0.29, 0.717) is 17.8 Å². The molecule has 0 unspecified atom stereocenters. The first kappa shape index (κ1) is 19.4. The number of non-ortho nitro benzene ring substituents is 1. The minimum atomic E-state index is -0.598. The molecule has 0 fully saturated rings. The Kier molecular flexibility index (Phi) is 6.68. The largest absolute Gasteiger partial charge is 0.326 e. The number of hydrogen-bond acceptors (Lipinski definition) is 4. The number of nitro benzene ring substituents is 1. The molecule has 0 atom stereocenters. The molecule has 0 aliphatic carbocycles. The molecule has 2 rings (SSSR count). The summed E-state index contributed by atoms with van der Waals surface area (Å²) in [6.07, 6.45) is 2.15. The molecule has 0 aromatic heterocycles. The second-order valence-electron chi connectivity index (χ2n) is 5.61. The standard InChI is InChI=1S/C18H18ClN3O4/c1-2-3-7-17(23)20-12-5-4-6-13(10-12)21-18(24)15-11-14(22(25)26)8-9-16(15)19/h4-6,8-11H,2-3,7H2,1H3,(H,20,23)(H,21,24). The summed E-state index contributed by atoms with van der Waals surface area (Å²) < 4.78 is 0. The molecule has 8 heteroatoms. The maximum absolute atomic E-state index is 12.4. The Morgan fingerprint density at radius 1 is 1.12 bits per heavy atom. The summed E-state index contributed by atoms with van der Waals surface area (Å²) in [5, 5.41) is 16.4. The number of carbonyl (C=O) groups excluding carboxylic acids is 2. The molecule has 0 bridgehead atoms. The maximum atomic E-state index is 12.4. The van der Waals surface area contributed by atoms with Crippen molar-refractivity contribution >= 4 is 40.5 Å². The van der Waals surface area contributed by atoms with Gasteiger partial charge < -0.3 is 10.6 Å². The van der Waals surface area contributed by atoms with Gasteiger partial charge in [-0.2, -0.15) is 0 Å². The molecule has 0 radical (unpaired) electrons. The predicted molar refractivity (Wildman–Crippen MR) is 101 cm³/mol. The number of nitrogens with zero attached hydrogens (tertiary/aromatic N) is 1. The topological polar surface area (TPSA) is 101 Å². The highest BCUT2D eigenvalue weighted by atomic mass is 35.5. The first-order chi connectivity index (χ1) is 12.4. The summed E-state index contributed by atoms with van der Waals surface area (Å²) >= 11 is 5.97. The molecule has 7 nitrogen and oxygen atoms in total. The van der Waals surface area contributed by atoms with Crippen LogP contribution in [0, 0.1) is 10.1 Å². The molecule has 2 N–H and O–H groups in total. The van der Waals surface area contributed by atoms with Crippen LogP contribution in [0.15, 0.2) is 42.5 Å². The van der Waals surface area contributed by atoms with E-state index in [-0.39, 0.29) is 22.2 Å². The predicted octanol–water partition coefficient (Wildman–Crippen LogP) is 4.63. The number of carbonyl (C=O) groups is 2. The molecule has 0 aliphatic rings. The van der Waals surface area contributed by atoms with E-state index in [1.54, 1.807) is 24.3 Å². The molecule has 0 heterocycles. The summed E-state index contributed by atoms with van der Waals surface area (Å²) in [5.41, 5.74) is 0.759. The summed E-state index contributed by atoms with van der Waals surface area (Å²) in [6.45, 7) is 2.00. The van der Waals surface area contributed by atoms with Crippen molar-refractivity contribution in [2.75, 3.05) is 10.6 Å². The van der Waals surface area contributed by atoms with E-state index in [9.17, 15) is 19.7 Å². The zero-order chi connectivity index (χ0) is 19.1. The summed E-state index contributed by atoms with van der Waals surface area (Å²) in [6, 6.07) is 10.3. The van der Waals surface area contributed by atoms with Gasteiger partial charge in [-0.25, -0.2) is 0 Å². The molecular formula is C18H18ClN3O4. The van der Waals surface area contributed by atoms with Crippen LogP contribution in [-0.2, 0) is 4.79 Å². The van der Waals surface area contributed by atoms with Crippen LogP contribution in [0.3, 0.4) is 0 Å². The molecule has 2 aromatic carbocycles. The molecule has 2 amide bonds. The second-order valence-corrected chi connectivity index (χ2v) is 6.02. The van der Waals surface area contributed by atoms with E-state index in [1.165, 1.54) is 12.1 Å². The second kappa shape index (κ2) is 8.96. The van der Waals surface area contributed by atoms with Gasteiger partial charge in [0.15, 0.2) is 0 Å². The smallest absolute Gasteiger partial charge is 0.270 e. The molecule has 136 valence electrons. The highest BCUT2D eigenvalue weighted by molar-refractivity contribution is 6.34. The summed E-state index contributed by atoms with van der Waals surface area (Å²) in [4.78, 5) is 34.4. The van der Waals surface area contributed by atoms with E-state index < -0.39 is 10.8 Å². The third-order valence-electron chi connectivity index (χ3n) is 3.57. The molecule has 0 saturated heterocycles. The first-order valence-electron chi connectivity index (χ1n) is 8.06. The van der Waals surface area contributed by atoms with Crippen molar-refractivity contribution in [3.63, 3.8) is 0 Å². The normalized spacial score (nSPS) is 10.2. The number of rotatable bonds is 7. The zero-order valence-corrected chi connectivity index (χ0v) is 14.9. The van der Waals surface area contributed by atoms with Crippen LogP contribution in [0.4, 0.5) is 17.1 Å². The van der Waals surface area contributed by atoms with Gasteiger partial charge in [0.25, 0.3) is 11.6 Å². The quantitative estimate of drug-likeness (QED) is 0.544. The average molecular weight is 376 g/mol. The minimum Gasteiger partial charge on any atom is -0.326 e. The van der Waals surface area contributed by atoms with Crippen molar-refractivity contribution in [3.8, 4) is 0 Å².